The fourth-order valence-corrected chi connectivity index (χ4v) is 4.08. The largest absolute Gasteiger partial charge is 0.353 e. The fraction of sp³-hybridized carbons (Fsp3) is 0.364. The van der Waals surface area contributed by atoms with Gasteiger partial charge in [0, 0.05) is 31.4 Å². The van der Waals surface area contributed by atoms with Crippen molar-refractivity contribution in [1.29, 1.82) is 5.26 Å². The molecule has 1 heterocycles. The van der Waals surface area contributed by atoms with Crippen LogP contribution in [0.2, 0.25) is 0 Å². The summed E-state index contributed by atoms with van der Waals surface area (Å²) in [7, 11) is 0. The second kappa shape index (κ2) is 10.1. The second-order valence-corrected chi connectivity index (χ2v) is 7.89. The Kier molecular flexibility index (Phi) is 7.32. The highest BCUT2D eigenvalue weighted by atomic mass is 32.2. The molecule has 140 valence electrons. The number of amides is 1. The van der Waals surface area contributed by atoms with E-state index in [9.17, 15) is 4.79 Å². The number of rotatable bonds is 7. The third-order valence-corrected chi connectivity index (χ3v) is 5.79. The first-order chi connectivity index (χ1) is 13.2. The smallest absolute Gasteiger partial charge is 0.230 e. The van der Waals surface area contributed by atoms with E-state index in [0.29, 0.717) is 17.4 Å². The number of nitriles is 1. The Bertz CT molecular complexity index is 762. The van der Waals surface area contributed by atoms with Crippen LogP contribution in [0, 0.1) is 11.3 Å². The molecule has 0 bridgehead atoms. The maximum absolute atomic E-state index is 12.2. The minimum absolute atomic E-state index is 0.121. The molecule has 4 nitrogen and oxygen atoms in total. The van der Waals surface area contributed by atoms with E-state index in [1.54, 1.807) is 11.8 Å². The quantitative estimate of drug-likeness (QED) is 0.799. The maximum Gasteiger partial charge on any atom is 0.230 e. The Morgan fingerprint density at radius 3 is 2.44 bits per heavy atom. The van der Waals surface area contributed by atoms with Crippen LogP contribution in [0.25, 0.3) is 0 Å². The van der Waals surface area contributed by atoms with E-state index in [4.69, 9.17) is 5.26 Å². The molecular formula is C22H25N3OS. The monoisotopic (exact) mass is 379 g/mol. The van der Waals surface area contributed by atoms with Crippen LogP contribution in [0.1, 0.15) is 29.5 Å². The summed E-state index contributed by atoms with van der Waals surface area (Å²) in [6, 6.07) is 20.5. The summed E-state index contributed by atoms with van der Waals surface area (Å²) in [4.78, 5) is 14.6. The van der Waals surface area contributed by atoms with Crippen molar-refractivity contribution >= 4 is 17.7 Å². The lowest BCUT2D eigenvalue weighted by atomic mass is 10.0. The molecule has 1 amide bonds. The Hall–Kier alpha value is -2.29. The number of hydrogen-bond donors (Lipinski definition) is 1. The van der Waals surface area contributed by atoms with Gasteiger partial charge >= 0.3 is 0 Å². The van der Waals surface area contributed by atoms with Crippen LogP contribution in [0.15, 0.2) is 54.6 Å². The summed E-state index contributed by atoms with van der Waals surface area (Å²) in [5, 5.41) is 12.0. The van der Waals surface area contributed by atoms with Crippen molar-refractivity contribution in [1.82, 2.24) is 10.2 Å². The van der Waals surface area contributed by atoms with Crippen LogP contribution in [0.5, 0.6) is 0 Å². The Morgan fingerprint density at radius 2 is 1.78 bits per heavy atom. The zero-order valence-corrected chi connectivity index (χ0v) is 16.3. The van der Waals surface area contributed by atoms with Crippen molar-refractivity contribution in [3.63, 3.8) is 0 Å². The Labute approximate surface area is 165 Å². The average molecular weight is 380 g/mol. The highest BCUT2D eigenvalue weighted by Crippen LogP contribution is 2.15. The number of hydrogen-bond acceptors (Lipinski definition) is 4. The van der Waals surface area contributed by atoms with Crippen molar-refractivity contribution in [2.75, 3.05) is 18.8 Å². The number of nitrogens with one attached hydrogen (secondary N) is 1. The molecule has 0 spiro atoms. The predicted molar refractivity (Wildman–Crippen MR) is 110 cm³/mol. The molecule has 0 unspecified atom stereocenters. The fourth-order valence-electron chi connectivity index (χ4n) is 3.28. The van der Waals surface area contributed by atoms with E-state index >= 15 is 0 Å². The average Bonchev–Trinajstić information content (AvgIpc) is 2.71. The summed E-state index contributed by atoms with van der Waals surface area (Å²) in [5.74, 6) is 1.38. The van der Waals surface area contributed by atoms with Gasteiger partial charge in [-0.25, -0.2) is 0 Å². The molecule has 2 aromatic carbocycles. The molecule has 0 aromatic heterocycles. The van der Waals surface area contributed by atoms with Gasteiger partial charge in [-0.2, -0.15) is 5.26 Å². The van der Waals surface area contributed by atoms with Crippen molar-refractivity contribution in [3.05, 3.63) is 71.3 Å². The molecule has 1 N–H and O–H groups in total. The van der Waals surface area contributed by atoms with Crippen molar-refractivity contribution in [2.45, 2.75) is 31.2 Å². The second-order valence-electron chi connectivity index (χ2n) is 6.91. The lowest BCUT2D eigenvalue weighted by Crippen LogP contribution is -2.44. The molecule has 3 rings (SSSR count). The van der Waals surface area contributed by atoms with Gasteiger partial charge in [0.25, 0.3) is 0 Å². The zero-order chi connectivity index (χ0) is 18.9. The molecule has 27 heavy (non-hydrogen) atoms. The maximum atomic E-state index is 12.2. The van der Waals surface area contributed by atoms with Crippen LogP contribution < -0.4 is 5.32 Å². The molecule has 0 aliphatic carbocycles. The van der Waals surface area contributed by atoms with E-state index in [1.165, 1.54) is 5.56 Å². The van der Waals surface area contributed by atoms with E-state index in [1.807, 2.05) is 30.3 Å². The molecule has 0 atom stereocenters. The van der Waals surface area contributed by atoms with Crippen molar-refractivity contribution in [3.8, 4) is 6.07 Å². The highest BCUT2D eigenvalue weighted by molar-refractivity contribution is 7.99. The Morgan fingerprint density at radius 1 is 1.07 bits per heavy atom. The number of benzene rings is 2. The zero-order valence-electron chi connectivity index (χ0n) is 15.4. The number of nitrogens with zero attached hydrogens (tertiary/aromatic N) is 2. The van der Waals surface area contributed by atoms with Crippen LogP contribution in [-0.4, -0.2) is 35.7 Å². The topological polar surface area (TPSA) is 56.1 Å². The van der Waals surface area contributed by atoms with Gasteiger partial charge in [0.2, 0.25) is 5.91 Å². The molecule has 5 heteroatoms. The van der Waals surface area contributed by atoms with Gasteiger partial charge in [-0.3, -0.25) is 9.69 Å². The molecule has 1 saturated heterocycles. The third-order valence-electron chi connectivity index (χ3n) is 4.79. The standard InChI is InChI=1S/C22H25N3OS/c23-14-18-6-8-20(9-7-18)16-27-17-22(26)24-21-10-12-25(13-11-21)15-19-4-2-1-3-5-19/h1-9,21H,10-13,15-17H2,(H,24,26). The van der Waals surface area contributed by atoms with Crippen LogP contribution in [0.4, 0.5) is 0 Å². The normalized spacial score (nSPS) is 15.2. The predicted octanol–water partition coefficient (Wildman–Crippen LogP) is 3.57. The Balaban J connectivity index is 1.32. The number of piperidine rings is 1. The van der Waals surface area contributed by atoms with E-state index in [0.717, 1.165) is 43.8 Å². The number of likely N-dealkylation sites (tertiary alicyclic amines) is 1. The lowest BCUT2D eigenvalue weighted by Gasteiger charge is -2.32. The molecule has 1 aliphatic heterocycles. The number of thioether (sulfide) groups is 1. The van der Waals surface area contributed by atoms with Crippen molar-refractivity contribution in [2.24, 2.45) is 0 Å². The van der Waals surface area contributed by atoms with E-state index in [-0.39, 0.29) is 5.91 Å². The van der Waals surface area contributed by atoms with Gasteiger partial charge < -0.3 is 5.32 Å². The number of carbonyl (C=O) groups excluding carboxylic acids is 1. The van der Waals surface area contributed by atoms with Gasteiger partial charge in [0.1, 0.15) is 0 Å². The van der Waals surface area contributed by atoms with Gasteiger partial charge in [0.05, 0.1) is 17.4 Å². The molecular weight excluding hydrogens is 354 g/mol. The summed E-state index contributed by atoms with van der Waals surface area (Å²) < 4.78 is 0. The van der Waals surface area contributed by atoms with Gasteiger partial charge in [-0.05, 0) is 36.1 Å². The van der Waals surface area contributed by atoms with E-state index < -0.39 is 0 Å². The molecule has 0 saturated carbocycles. The van der Waals surface area contributed by atoms with Gasteiger partial charge in [-0.1, -0.05) is 42.5 Å². The molecule has 2 aromatic rings. The summed E-state index contributed by atoms with van der Waals surface area (Å²) in [6.45, 7) is 3.04. The van der Waals surface area contributed by atoms with E-state index in [2.05, 4.69) is 40.6 Å². The van der Waals surface area contributed by atoms with Crippen LogP contribution >= 0.6 is 11.8 Å². The lowest BCUT2D eigenvalue weighted by molar-refractivity contribution is -0.119. The summed E-state index contributed by atoms with van der Waals surface area (Å²) >= 11 is 1.61. The highest BCUT2D eigenvalue weighted by Gasteiger charge is 2.20. The van der Waals surface area contributed by atoms with Gasteiger partial charge in [0.15, 0.2) is 0 Å². The first kappa shape index (κ1) is 19.5. The summed E-state index contributed by atoms with van der Waals surface area (Å²) in [5.41, 5.74) is 3.15. The third kappa shape index (κ3) is 6.42. The van der Waals surface area contributed by atoms with Crippen LogP contribution in [0.3, 0.4) is 0 Å². The minimum atomic E-state index is 0.121. The van der Waals surface area contributed by atoms with Gasteiger partial charge in [-0.15, -0.1) is 11.8 Å². The van der Waals surface area contributed by atoms with Crippen LogP contribution in [-0.2, 0) is 17.1 Å². The first-order valence-electron chi connectivity index (χ1n) is 9.35. The molecule has 0 radical (unpaired) electrons. The van der Waals surface area contributed by atoms with Crippen molar-refractivity contribution < 1.29 is 4.79 Å². The number of carbonyl (C=O) groups is 1. The SMILES string of the molecule is N#Cc1ccc(CSCC(=O)NC2CCN(Cc3ccccc3)CC2)cc1. The minimum Gasteiger partial charge on any atom is -0.353 e. The molecule has 1 aliphatic rings. The first-order valence-corrected chi connectivity index (χ1v) is 10.5. The summed E-state index contributed by atoms with van der Waals surface area (Å²) in [6.07, 6.45) is 2.03. The molecule has 1 fully saturated rings.